The summed E-state index contributed by atoms with van der Waals surface area (Å²) in [4.78, 5) is 29.9. The summed E-state index contributed by atoms with van der Waals surface area (Å²) in [6, 6.07) is -0.595. The van der Waals surface area contributed by atoms with Gasteiger partial charge >= 0.3 is 12.1 Å². The van der Waals surface area contributed by atoms with Gasteiger partial charge in [0.25, 0.3) is 0 Å². The SMILES string of the molecule is CC(C)(C)OC(=O)N1CCN(c2nnc([C@@H]3CC[C@@H]4CN3C(=O)N4O)s2)CC1. The van der Waals surface area contributed by atoms with Crippen LogP contribution < -0.4 is 4.90 Å². The van der Waals surface area contributed by atoms with E-state index in [4.69, 9.17) is 4.74 Å². The van der Waals surface area contributed by atoms with E-state index in [0.717, 1.165) is 28.0 Å². The molecule has 0 aliphatic carbocycles. The molecule has 1 N–H and O–H groups in total. The molecule has 3 saturated heterocycles. The summed E-state index contributed by atoms with van der Waals surface area (Å²) in [6.07, 6.45) is 1.24. The summed E-state index contributed by atoms with van der Waals surface area (Å²) in [7, 11) is 0. The highest BCUT2D eigenvalue weighted by atomic mass is 32.1. The van der Waals surface area contributed by atoms with Crippen molar-refractivity contribution in [1.29, 1.82) is 0 Å². The van der Waals surface area contributed by atoms with Crippen molar-refractivity contribution in [1.82, 2.24) is 25.1 Å². The first-order valence-corrected chi connectivity index (χ1v) is 10.4. The van der Waals surface area contributed by atoms with Crippen LogP contribution in [0.25, 0.3) is 0 Å². The Hall–Kier alpha value is -2.14. The van der Waals surface area contributed by atoms with Crippen molar-refractivity contribution in [3.63, 3.8) is 0 Å². The zero-order valence-corrected chi connectivity index (χ0v) is 17.2. The Morgan fingerprint density at radius 2 is 1.89 bits per heavy atom. The molecule has 2 atom stereocenters. The Kier molecular flexibility index (Phi) is 4.82. The predicted molar refractivity (Wildman–Crippen MR) is 101 cm³/mol. The Labute approximate surface area is 167 Å². The van der Waals surface area contributed by atoms with Crippen molar-refractivity contribution in [2.75, 3.05) is 37.6 Å². The zero-order valence-electron chi connectivity index (χ0n) is 16.4. The minimum atomic E-state index is -0.501. The van der Waals surface area contributed by atoms with Gasteiger partial charge in [-0.3, -0.25) is 5.21 Å². The summed E-state index contributed by atoms with van der Waals surface area (Å²) >= 11 is 1.48. The number of aromatic nitrogens is 2. The van der Waals surface area contributed by atoms with Crippen LogP contribution in [0.3, 0.4) is 0 Å². The third-order valence-electron chi connectivity index (χ3n) is 5.26. The number of hydrogen-bond acceptors (Lipinski definition) is 8. The molecule has 1 aromatic heterocycles. The summed E-state index contributed by atoms with van der Waals surface area (Å²) in [5, 5.41) is 20.9. The smallest absolute Gasteiger partial charge is 0.410 e. The van der Waals surface area contributed by atoms with E-state index >= 15 is 0 Å². The summed E-state index contributed by atoms with van der Waals surface area (Å²) < 4.78 is 5.43. The van der Waals surface area contributed by atoms with Crippen LogP contribution >= 0.6 is 11.3 Å². The third kappa shape index (κ3) is 3.60. The van der Waals surface area contributed by atoms with E-state index in [1.807, 2.05) is 20.8 Å². The number of nitrogens with zero attached hydrogens (tertiary/aromatic N) is 6. The van der Waals surface area contributed by atoms with Crippen molar-refractivity contribution < 1.29 is 19.5 Å². The highest BCUT2D eigenvalue weighted by molar-refractivity contribution is 7.15. The quantitative estimate of drug-likeness (QED) is 0.743. The van der Waals surface area contributed by atoms with Crippen LogP contribution in [0.5, 0.6) is 0 Å². The first-order valence-electron chi connectivity index (χ1n) is 9.58. The number of rotatable bonds is 2. The van der Waals surface area contributed by atoms with E-state index < -0.39 is 5.60 Å². The lowest BCUT2D eigenvalue weighted by Gasteiger charge is -2.35. The minimum Gasteiger partial charge on any atom is -0.444 e. The maximum atomic E-state index is 12.2. The number of hydrogen-bond donors (Lipinski definition) is 1. The number of amides is 3. The molecule has 0 saturated carbocycles. The molecule has 11 heteroatoms. The van der Waals surface area contributed by atoms with Gasteiger partial charge in [0.05, 0.1) is 12.1 Å². The van der Waals surface area contributed by atoms with Crippen molar-refractivity contribution in [2.45, 2.75) is 51.3 Å². The standard InChI is InChI=1S/C17H26N6O4S/c1-17(2,3)27-16(25)21-8-6-20(7-9-21)14-19-18-13(28-14)12-5-4-11-10-22(12)15(24)23(11)26/h11-12,26H,4-10H2,1-3H3/t11-,12+/m1/s1. The molecule has 28 heavy (non-hydrogen) atoms. The fourth-order valence-corrected chi connectivity index (χ4v) is 4.85. The van der Waals surface area contributed by atoms with Gasteiger partial charge in [0.2, 0.25) is 5.13 Å². The molecule has 154 valence electrons. The third-order valence-corrected chi connectivity index (χ3v) is 6.35. The maximum absolute atomic E-state index is 12.2. The molecule has 3 aliphatic heterocycles. The van der Waals surface area contributed by atoms with Crippen LogP contribution in [0, 0.1) is 0 Å². The van der Waals surface area contributed by atoms with E-state index in [1.165, 1.54) is 11.3 Å². The molecule has 1 aromatic rings. The van der Waals surface area contributed by atoms with Crippen molar-refractivity contribution in [3.05, 3.63) is 5.01 Å². The molecule has 3 amide bonds. The molecular formula is C17H26N6O4S. The lowest BCUT2D eigenvalue weighted by atomic mass is 10.0. The lowest BCUT2D eigenvalue weighted by Crippen LogP contribution is -2.50. The van der Waals surface area contributed by atoms with E-state index in [2.05, 4.69) is 15.1 Å². The van der Waals surface area contributed by atoms with Gasteiger partial charge in [-0.15, -0.1) is 10.2 Å². The highest BCUT2D eigenvalue weighted by Gasteiger charge is 2.46. The number of ether oxygens (including phenoxy) is 1. The highest BCUT2D eigenvalue weighted by Crippen LogP contribution is 2.39. The van der Waals surface area contributed by atoms with E-state index in [-0.39, 0.29) is 24.2 Å². The summed E-state index contributed by atoms with van der Waals surface area (Å²) in [5.41, 5.74) is -0.501. The van der Waals surface area contributed by atoms with Crippen LogP contribution in [0.4, 0.5) is 14.7 Å². The number of piperidine rings is 1. The maximum Gasteiger partial charge on any atom is 0.410 e. The molecule has 4 rings (SSSR count). The lowest BCUT2D eigenvalue weighted by molar-refractivity contribution is -0.0584. The number of urea groups is 1. The Morgan fingerprint density at radius 1 is 1.18 bits per heavy atom. The van der Waals surface area contributed by atoms with Crippen LogP contribution in [0.15, 0.2) is 0 Å². The second kappa shape index (κ2) is 7.03. The molecule has 3 fully saturated rings. The second-order valence-corrected chi connectivity index (χ2v) is 9.39. The number of fused-ring (bicyclic) bond motifs is 2. The summed E-state index contributed by atoms with van der Waals surface area (Å²) in [6.45, 7) is 8.57. The number of piperazine rings is 1. The number of anilines is 1. The average molecular weight is 411 g/mol. The van der Waals surface area contributed by atoms with Crippen molar-refractivity contribution >= 4 is 28.6 Å². The minimum absolute atomic E-state index is 0.114. The van der Waals surface area contributed by atoms with Gasteiger partial charge in [-0.05, 0) is 33.6 Å². The molecular weight excluding hydrogens is 384 g/mol. The van der Waals surface area contributed by atoms with Gasteiger partial charge in [0.1, 0.15) is 10.6 Å². The molecule has 0 radical (unpaired) electrons. The second-order valence-electron chi connectivity index (χ2n) is 8.40. The van der Waals surface area contributed by atoms with E-state index in [0.29, 0.717) is 32.7 Å². The fraction of sp³-hybridized carbons (Fsp3) is 0.765. The van der Waals surface area contributed by atoms with Crippen LogP contribution in [0.2, 0.25) is 0 Å². The van der Waals surface area contributed by atoms with Gasteiger partial charge < -0.3 is 19.4 Å². The first-order chi connectivity index (χ1) is 13.2. The number of carbonyl (C=O) groups excluding carboxylic acids is 2. The Bertz CT molecular complexity index is 757. The molecule has 10 nitrogen and oxygen atoms in total. The fourth-order valence-electron chi connectivity index (χ4n) is 3.80. The van der Waals surface area contributed by atoms with Gasteiger partial charge in [-0.25, -0.2) is 14.7 Å². The van der Waals surface area contributed by atoms with Crippen LogP contribution in [-0.2, 0) is 4.74 Å². The molecule has 0 spiro atoms. The van der Waals surface area contributed by atoms with Crippen molar-refractivity contribution in [3.8, 4) is 0 Å². The van der Waals surface area contributed by atoms with Gasteiger partial charge in [0.15, 0.2) is 0 Å². The predicted octanol–water partition coefficient (Wildman–Crippen LogP) is 1.93. The molecule has 0 unspecified atom stereocenters. The number of hydroxylamine groups is 2. The van der Waals surface area contributed by atoms with E-state index in [1.54, 1.807) is 9.80 Å². The monoisotopic (exact) mass is 410 g/mol. The van der Waals surface area contributed by atoms with Gasteiger partial charge in [-0.1, -0.05) is 11.3 Å². The zero-order chi connectivity index (χ0) is 20.1. The van der Waals surface area contributed by atoms with Crippen LogP contribution in [-0.4, -0.2) is 86.8 Å². The van der Waals surface area contributed by atoms with E-state index in [9.17, 15) is 14.8 Å². The average Bonchev–Trinajstić information content (AvgIpc) is 3.22. The summed E-state index contributed by atoms with van der Waals surface area (Å²) in [5.74, 6) is 0. The molecule has 0 aromatic carbocycles. The molecule has 2 bridgehead atoms. The van der Waals surface area contributed by atoms with Gasteiger partial charge in [-0.2, -0.15) is 0 Å². The van der Waals surface area contributed by atoms with Crippen LogP contribution in [0.1, 0.15) is 44.7 Å². The Morgan fingerprint density at radius 3 is 2.57 bits per heavy atom. The molecule has 3 aliphatic rings. The van der Waals surface area contributed by atoms with Gasteiger partial charge in [0, 0.05) is 32.7 Å². The number of carbonyl (C=O) groups is 2. The molecule has 4 heterocycles. The normalized spacial score (nSPS) is 25.5. The Balaban J connectivity index is 1.37. The van der Waals surface area contributed by atoms with Crippen molar-refractivity contribution in [2.24, 2.45) is 0 Å². The topological polar surface area (TPSA) is 102 Å². The first kappa shape index (κ1) is 19.2. The largest absolute Gasteiger partial charge is 0.444 e.